The van der Waals surface area contributed by atoms with Crippen molar-refractivity contribution < 1.29 is 9.53 Å². The average molecular weight is 368 g/mol. The smallest absolute Gasteiger partial charge is 0.314 e. The van der Waals surface area contributed by atoms with E-state index in [0.29, 0.717) is 17.6 Å². The van der Waals surface area contributed by atoms with Crippen molar-refractivity contribution in [2.75, 3.05) is 0 Å². The lowest BCUT2D eigenvalue weighted by atomic mass is 9.60. The van der Waals surface area contributed by atoms with Gasteiger partial charge < -0.3 is 4.74 Å². The van der Waals surface area contributed by atoms with E-state index in [4.69, 9.17) is 4.74 Å². The molecular weight excluding hydrogens is 334 g/mol. The number of fused-ring (bicyclic) bond motifs is 1. The van der Waals surface area contributed by atoms with Crippen LogP contribution in [0.1, 0.15) is 60.8 Å². The summed E-state index contributed by atoms with van der Waals surface area (Å²) in [6, 6.07) is 9.65. The van der Waals surface area contributed by atoms with Crippen LogP contribution in [0.15, 0.2) is 36.5 Å². The Labute approximate surface area is 163 Å². The number of carbonyl (C=O) groups is 1. The van der Waals surface area contributed by atoms with E-state index >= 15 is 0 Å². The SMILES string of the molecule is CC(C)(C)C1CC(C(=O)Oc2cccc3cccnc23)CC(C(C)(C)C)C1. The molecule has 27 heavy (non-hydrogen) atoms. The van der Waals surface area contributed by atoms with Gasteiger partial charge in [0.05, 0.1) is 5.92 Å². The maximum atomic E-state index is 13.1. The Morgan fingerprint density at radius 1 is 0.926 bits per heavy atom. The molecule has 1 aliphatic carbocycles. The highest BCUT2D eigenvalue weighted by Crippen LogP contribution is 2.48. The summed E-state index contributed by atoms with van der Waals surface area (Å²) in [7, 11) is 0. The molecule has 0 spiro atoms. The zero-order chi connectivity index (χ0) is 19.8. The van der Waals surface area contributed by atoms with Crippen LogP contribution in [-0.4, -0.2) is 11.0 Å². The van der Waals surface area contributed by atoms with Crippen LogP contribution in [0.4, 0.5) is 0 Å². The summed E-state index contributed by atoms with van der Waals surface area (Å²) in [6.45, 7) is 13.7. The Morgan fingerprint density at radius 2 is 1.52 bits per heavy atom. The fourth-order valence-corrected chi connectivity index (χ4v) is 4.28. The number of hydrogen-bond acceptors (Lipinski definition) is 3. The molecule has 0 amide bonds. The maximum Gasteiger partial charge on any atom is 0.314 e. The number of benzene rings is 1. The highest BCUT2D eigenvalue weighted by atomic mass is 16.5. The normalized spacial score (nSPS) is 24.0. The second kappa shape index (κ2) is 7.26. The quantitative estimate of drug-likeness (QED) is 0.464. The number of ether oxygens (including phenoxy) is 1. The van der Waals surface area contributed by atoms with E-state index in [1.807, 2.05) is 30.3 Å². The summed E-state index contributed by atoms with van der Waals surface area (Å²) in [5.41, 5.74) is 1.15. The molecule has 1 saturated carbocycles. The van der Waals surface area contributed by atoms with E-state index in [2.05, 4.69) is 46.5 Å². The number of carbonyl (C=O) groups excluding carboxylic acids is 1. The molecule has 146 valence electrons. The molecule has 2 aromatic rings. The van der Waals surface area contributed by atoms with Crippen molar-refractivity contribution in [1.82, 2.24) is 4.98 Å². The molecule has 1 aromatic carbocycles. The molecule has 3 heteroatoms. The van der Waals surface area contributed by atoms with E-state index in [0.717, 1.165) is 23.7 Å². The zero-order valence-electron chi connectivity index (χ0n) is 17.6. The number of nitrogens with zero attached hydrogens (tertiary/aromatic N) is 1. The predicted molar refractivity (Wildman–Crippen MR) is 111 cm³/mol. The van der Waals surface area contributed by atoms with E-state index in [9.17, 15) is 4.79 Å². The van der Waals surface area contributed by atoms with Crippen molar-refractivity contribution in [3.8, 4) is 5.75 Å². The molecule has 0 radical (unpaired) electrons. The molecule has 3 rings (SSSR count). The van der Waals surface area contributed by atoms with Crippen LogP contribution in [0, 0.1) is 28.6 Å². The fraction of sp³-hybridized carbons (Fsp3) is 0.583. The van der Waals surface area contributed by atoms with Gasteiger partial charge in [0, 0.05) is 11.6 Å². The summed E-state index contributed by atoms with van der Waals surface area (Å²) in [5, 5.41) is 0.992. The van der Waals surface area contributed by atoms with Crippen molar-refractivity contribution in [3.63, 3.8) is 0 Å². The Morgan fingerprint density at radius 3 is 2.11 bits per heavy atom. The molecule has 2 atom stereocenters. The number of rotatable bonds is 2. The van der Waals surface area contributed by atoms with Crippen molar-refractivity contribution in [1.29, 1.82) is 0 Å². The molecular formula is C24H33NO2. The van der Waals surface area contributed by atoms with Crippen LogP contribution in [0.3, 0.4) is 0 Å². The van der Waals surface area contributed by atoms with Gasteiger partial charge in [0.1, 0.15) is 5.52 Å². The van der Waals surface area contributed by atoms with E-state index < -0.39 is 0 Å². The standard InChI is InChI=1S/C24H33NO2/c1-23(2,3)18-13-17(14-19(15-18)24(4,5)6)22(26)27-20-11-7-9-16-10-8-12-25-21(16)20/h7-12,17-19H,13-15H2,1-6H3. The van der Waals surface area contributed by atoms with Crippen LogP contribution in [0.2, 0.25) is 0 Å². The van der Waals surface area contributed by atoms with Crippen molar-refractivity contribution in [3.05, 3.63) is 36.5 Å². The molecule has 0 aliphatic heterocycles. The van der Waals surface area contributed by atoms with Gasteiger partial charge in [-0.25, -0.2) is 0 Å². The molecule has 1 fully saturated rings. The largest absolute Gasteiger partial charge is 0.424 e. The average Bonchev–Trinajstić information content (AvgIpc) is 2.60. The molecule has 0 saturated heterocycles. The first-order valence-corrected chi connectivity index (χ1v) is 10.1. The minimum absolute atomic E-state index is 0.0498. The van der Waals surface area contributed by atoms with Crippen LogP contribution in [-0.2, 0) is 4.79 Å². The molecule has 1 aromatic heterocycles. The topological polar surface area (TPSA) is 39.2 Å². The third-order valence-corrected chi connectivity index (χ3v) is 6.30. The van der Waals surface area contributed by atoms with E-state index in [1.54, 1.807) is 6.20 Å². The molecule has 1 heterocycles. The first-order valence-electron chi connectivity index (χ1n) is 10.1. The Bertz CT molecular complexity index is 786. The van der Waals surface area contributed by atoms with Crippen LogP contribution >= 0.6 is 0 Å². The minimum atomic E-state index is -0.101. The first-order chi connectivity index (χ1) is 12.6. The lowest BCUT2D eigenvalue weighted by Crippen LogP contribution is -2.39. The number of para-hydroxylation sites is 1. The Kier molecular flexibility index (Phi) is 5.33. The Balaban J connectivity index is 1.83. The van der Waals surface area contributed by atoms with Crippen molar-refractivity contribution >= 4 is 16.9 Å². The van der Waals surface area contributed by atoms with Crippen molar-refractivity contribution in [2.24, 2.45) is 28.6 Å². The van der Waals surface area contributed by atoms with Gasteiger partial charge in [-0.15, -0.1) is 0 Å². The van der Waals surface area contributed by atoms with E-state index in [-0.39, 0.29) is 22.7 Å². The fourth-order valence-electron chi connectivity index (χ4n) is 4.28. The summed E-state index contributed by atoms with van der Waals surface area (Å²) >= 11 is 0. The predicted octanol–water partition coefficient (Wildman–Crippen LogP) is 6.26. The zero-order valence-corrected chi connectivity index (χ0v) is 17.6. The van der Waals surface area contributed by atoms with Gasteiger partial charge in [-0.1, -0.05) is 59.7 Å². The molecule has 3 nitrogen and oxygen atoms in total. The molecule has 0 N–H and O–H groups in total. The number of pyridine rings is 1. The number of esters is 1. The monoisotopic (exact) mass is 367 g/mol. The van der Waals surface area contributed by atoms with Gasteiger partial charge in [0.15, 0.2) is 5.75 Å². The summed E-state index contributed by atoms with van der Waals surface area (Å²) < 4.78 is 5.89. The summed E-state index contributed by atoms with van der Waals surface area (Å²) in [4.78, 5) is 17.5. The van der Waals surface area contributed by atoms with Crippen LogP contribution in [0.5, 0.6) is 5.75 Å². The maximum absolute atomic E-state index is 13.1. The highest BCUT2D eigenvalue weighted by Gasteiger charge is 2.42. The molecule has 2 unspecified atom stereocenters. The van der Waals surface area contributed by atoms with Gasteiger partial charge in [-0.05, 0) is 54.1 Å². The summed E-state index contributed by atoms with van der Waals surface area (Å²) in [6.07, 6.45) is 4.75. The Hall–Kier alpha value is -1.90. The first kappa shape index (κ1) is 19.9. The second-order valence-corrected chi connectivity index (χ2v) is 10.3. The van der Waals surface area contributed by atoms with Gasteiger partial charge in [0.2, 0.25) is 0 Å². The van der Waals surface area contributed by atoms with E-state index in [1.165, 1.54) is 6.42 Å². The van der Waals surface area contributed by atoms with Gasteiger partial charge in [0.25, 0.3) is 0 Å². The van der Waals surface area contributed by atoms with Gasteiger partial charge >= 0.3 is 5.97 Å². The second-order valence-electron chi connectivity index (χ2n) is 10.3. The lowest BCUT2D eigenvalue weighted by molar-refractivity contribution is -0.142. The van der Waals surface area contributed by atoms with Gasteiger partial charge in [-0.3, -0.25) is 9.78 Å². The van der Waals surface area contributed by atoms with Crippen molar-refractivity contribution in [2.45, 2.75) is 60.8 Å². The highest BCUT2D eigenvalue weighted by molar-refractivity contribution is 5.87. The van der Waals surface area contributed by atoms with Crippen LogP contribution in [0.25, 0.3) is 10.9 Å². The van der Waals surface area contributed by atoms with Gasteiger partial charge in [-0.2, -0.15) is 0 Å². The third-order valence-electron chi connectivity index (χ3n) is 6.30. The molecule has 1 aliphatic rings. The number of hydrogen-bond donors (Lipinski definition) is 0. The lowest BCUT2D eigenvalue weighted by Gasteiger charge is -2.45. The number of aromatic nitrogens is 1. The third kappa shape index (κ3) is 4.51. The molecule has 0 bridgehead atoms. The minimum Gasteiger partial charge on any atom is -0.424 e. The van der Waals surface area contributed by atoms with Crippen LogP contribution < -0.4 is 4.74 Å². The summed E-state index contributed by atoms with van der Waals surface area (Å²) in [5.74, 6) is 1.48.